The summed E-state index contributed by atoms with van der Waals surface area (Å²) in [6, 6.07) is 11.5. The molecular weight excluding hydrogens is 324 g/mol. The number of para-hydroxylation sites is 1. The molecule has 0 spiro atoms. The van der Waals surface area contributed by atoms with Gasteiger partial charge in [0.2, 0.25) is 0 Å². The van der Waals surface area contributed by atoms with E-state index in [2.05, 4.69) is 5.32 Å². The maximum Gasteiger partial charge on any atom is 0.339 e. The van der Waals surface area contributed by atoms with Crippen molar-refractivity contribution in [2.75, 3.05) is 11.9 Å². The van der Waals surface area contributed by atoms with Gasteiger partial charge in [0.15, 0.2) is 6.61 Å². The summed E-state index contributed by atoms with van der Waals surface area (Å²) in [5, 5.41) is 13.6. The first-order valence-electron chi connectivity index (χ1n) is 7.73. The number of nitrogens with one attached hydrogen (secondary N) is 1. The number of hydrogen-bond acceptors (Lipinski definition) is 5. The van der Waals surface area contributed by atoms with Crippen LogP contribution in [0.5, 0.6) is 0 Å². The van der Waals surface area contributed by atoms with E-state index in [0.717, 1.165) is 12.0 Å². The number of aryl methyl sites for hydroxylation is 1. The topological polar surface area (TPSA) is 98.5 Å². The third-order valence-electron chi connectivity index (χ3n) is 3.73. The summed E-state index contributed by atoms with van der Waals surface area (Å²) in [7, 11) is 0. The molecule has 2 aromatic rings. The first-order valence-corrected chi connectivity index (χ1v) is 7.73. The minimum absolute atomic E-state index is 0.0657. The van der Waals surface area contributed by atoms with Gasteiger partial charge in [0.1, 0.15) is 0 Å². The van der Waals surface area contributed by atoms with Crippen molar-refractivity contribution < 1.29 is 19.2 Å². The summed E-state index contributed by atoms with van der Waals surface area (Å²) >= 11 is 0. The third kappa shape index (κ3) is 4.41. The molecule has 7 heteroatoms. The molecule has 25 heavy (non-hydrogen) atoms. The summed E-state index contributed by atoms with van der Waals surface area (Å²) in [5.41, 5.74) is 1.73. The molecule has 0 fully saturated rings. The van der Waals surface area contributed by atoms with Gasteiger partial charge in [-0.2, -0.15) is 0 Å². The van der Waals surface area contributed by atoms with Crippen molar-refractivity contribution in [3.63, 3.8) is 0 Å². The number of carbonyl (C=O) groups excluding carboxylic acids is 2. The third-order valence-corrected chi connectivity index (χ3v) is 3.73. The number of amides is 1. The van der Waals surface area contributed by atoms with Gasteiger partial charge < -0.3 is 10.1 Å². The highest BCUT2D eigenvalue weighted by atomic mass is 16.6. The van der Waals surface area contributed by atoms with Gasteiger partial charge in [-0.3, -0.25) is 14.9 Å². The van der Waals surface area contributed by atoms with Gasteiger partial charge in [0, 0.05) is 17.3 Å². The molecule has 0 atom stereocenters. The zero-order valence-electron chi connectivity index (χ0n) is 13.9. The quantitative estimate of drug-likeness (QED) is 0.493. The number of esters is 1. The van der Waals surface area contributed by atoms with Crippen molar-refractivity contribution in [3.8, 4) is 0 Å². The number of nitro groups is 1. The first-order chi connectivity index (χ1) is 11.9. The molecule has 0 bridgehead atoms. The number of ether oxygens (including phenoxy) is 1. The van der Waals surface area contributed by atoms with Crippen LogP contribution in [0.15, 0.2) is 42.5 Å². The Morgan fingerprint density at radius 1 is 1.16 bits per heavy atom. The standard InChI is InChI=1S/C18H18N2O5/c1-3-13-7-4-5-9-15(13)19-17(21)11-25-18(22)14-8-6-10-16(12(14)2)20(23)24/h4-10H,3,11H2,1-2H3,(H,19,21). The van der Waals surface area contributed by atoms with Gasteiger partial charge in [-0.05, 0) is 31.0 Å². The lowest BCUT2D eigenvalue weighted by Crippen LogP contribution is -2.22. The summed E-state index contributed by atoms with van der Waals surface area (Å²) < 4.78 is 4.98. The second-order valence-corrected chi connectivity index (χ2v) is 5.34. The van der Waals surface area contributed by atoms with Crippen LogP contribution in [0.3, 0.4) is 0 Å². The second kappa shape index (κ2) is 8.05. The highest BCUT2D eigenvalue weighted by molar-refractivity contribution is 5.96. The van der Waals surface area contributed by atoms with Gasteiger partial charge in [-0.1, -0.05) is 31.2 Å². The predicted molar refractivity (Wildman–Crippen MR) is 92.6 cm³/mol. The number of benzene rings is 2. The zero-order chi connectivity index (χ0) is 18.4. The molecule has 0 saturated heterocycles. The van der Waals surface area contributed by atoms with Crippen LogP contribution in [0.2, 0.25) is 0 Å². The molecule has 7 nitrogen and oxygen atoms in total. The van der Waals surface area contributed by atoms with Crippen molar-refractivity contribution in [2.45, 2.75) is 20.3 Å². The Labute approximate surface area is 144 Å². The smallest absolute Gasteiger partial charge is 0.339 e. The second-order valence-electron chi connectivity index (χ2n) is 5.34. The number of hydrogen-bond donors (Lipinski definition) is 1. The average Bonchev–Trinajstić information content (AvgIpc) is 2.60. The Morgan fingerprint density at radius 3 is 2.56 bits per heavy atom. The fourth-order valence-corrected chi connectivity index (χ4v) is 2.39. The van der Waals surface area contributed by atoms with Crippen LogP contribution in [0.1, 0.15) is 28.4 Å². The molecule has 2 aromatic carbocycles. The molecule has 0 saturated carbocycles. The zero-order valence-corrected chi connectivity index (χ0v) is 13.9. The summed E-state index contributed by atoms with van der Waals surface area (Å²) in [6.45, 7) is 2.96. The molecule has 2 rings (SSSR count). The maximum atomic E-state index is 12.1. The van der Waals surface area contributed by atoms with Crippen molar-refractivity contribution in [1.82, 2.24) is 0 Å². The molecule has 0 aliphatic rings. The normalized spacial score (nSPS) is 10.2. The average molecular weight is 342 g/mol. The summed E-state index contributed by atoms with van der Waals surface area (Å²) in [6.07, 6.45) is 0.753. The van der Waals surface area contributed by atoms with Crippen molar-refractivity contribution in [1.29, 1.82) is 0 Å². The Hall–Kier alpha value is -3.22. The largest absolute Gasteiger partial charge is 0.452 e. The van der Waals surface area contributed by atoms with Gasteiger partial charge in [0.05, 0.1) is 10.5 Å². The number of nitro benzene ring substituents is 1. The molecule has 1 amide bonds. The number of nitrogens with zero attached hydrogens (tertiary/aromatic N) is 1. The SMILES string of the molecule is CCc1ccccc1NC(=O)COC(=O)c1cccc([N+](=O)[O-])c1C. The van der Waals surface area contributed by atoms with Crippen LogP contribution < -0.4 is 5.32 Å². The van der Waals surface area contributed by atoms with Gasteiger partial charge >= 0.3 is 5.97 Å². The lowest BCUT2D eigenvalue weighted by Gasteiger charge is -2.10. The Morgan fingerprint density at radius 2 is 1.88 bits per heavy atom. The number of anilines is 1. The number of rotatable bonds is 6. The molecule has 0 unspecified atom stereocenters. The molecule has 0 aliphatic heterocycles. The fraction of sp³-hybridized carbons (Fsp3) is 0.222. The highest BCUT2D eigenvalue weighted by Crippen LogP contribution is 2.21. The molecule has 0 aromatic heterocycles. The van der Waals surface area contributed by atoms with E-state index in [1.807, 2.05) is 19.1 Å². The van der Waals surface area contributed by atoms with E-state index < -0.39 is 23.4 Å². The van der Waals surface area contributed by atoms with E-state index in [9.17, 15) is 19.7 Å². The van der Waals surface area contributed by atoms with Crippen LogP contribution in [-0.2, 0) is 16.0 Å². The van der Waals surface area contributed by atoms with Crippen LogP contribution in [0.4, 0.5) is 11.4 Å². The van der Waals surface area contributed by atoms with E-state index in [1.165, 1.54) is 25.1 Å². The summed E-state index contributed by atoms with van der Waals surface area (Å²) in [4.78, 5) is 34.4. The van der Waals surface area contributed by atoms with Crippen LogP contribution in [0, 0.1) is 17.0 Å². The monoisotopic (exact) mass is 342 g/mol. The molecule has 130 valence electrons. The van der Waals surface area contributed by atoms with Crippen LogP contribution >= 0.6 is 0 Å². The van der Waals surface area contributed by atoms with Crippen molar-refractivity contribution in [2.24, 2.45) is 0 Å². The van der Waals surface area contributed by atoms with Crippen molar-refractivity contribution in [3.05, 3.63) is 69.3 Å². The summed E-state index contributed by atoms with van der Waals surface area (Å²) in [5.74, 6) is -1.25. The van der Waals surface area contributed by atoms with E-state index in [4.69, 9.17) is 4.74 Å². The van der Waals surface area contributed by atoms with Crippen LogP contribution in [0.25, 0.3) is 0 Å². The van der Waals surface area contributed by atoms with E-state index in [0.29, 0.717) is 5.69 Å². The fourth-order valence-electron chi connectivity index (χ4n) is 2.39. The van der Waals surface area contributed by atoms with E-state index >= 15 is 0 Å². The molecule has 0 aliphatic carbocycles. The minimum atomic E-state index is -0.778. The Kier molecular flexibility index (Phi) is 5.84. The van der Waals surface area contributed by atoms with Crippen molar-refractivity contribution >= 4 is 23.3 Å². The maximum absolute atomic E-state index is 12.1. The molecule has 0 radical (unpaired) electrons. The lowest BCUT2D eigenvalue weighted by atomic mass is 10.1. The molecule has 0 heterocycles. The Balaban J connectivity index is 2.01. The van der Waals surface area contributed by atoms with Crippen LogP contribution in [-0.4, -0.2) is 23.4 Å². The number of carbonyl (C=O) groups is 2. The predicted octanol–water partition coefficient (Wildman–Crippen LogP) is 3.26. The van der Waals surface area contributed by atoms with E-state index in [1.54, 1.807) is 12.1 Å². The molecular formula is C18H18N2O5. The van der Waals surface area contributed by atoms with Gasteiger partial charge in [-0.25, -0.2) is 4.79 Å². The minimum Gasteiger partial charge on any atom is -0.452 e. The first kappa shape index (κ1) is 18.1. The molecule has 1 N–H and O–H groups in total. The van der Waals surface area contributed by atoms with Gasteiger partial charge in [0.25, 0.3) is 11.6 Å². The van der Waals surface area contributed by atoms with Gasteiger partial charge in [-0.15, -0.1) is 0 Å². The lowest BCUT2D eigenvalue weighted by molar-refractivity contribution is -0.385. The van der Waals surface area contributed by atoms with E-state index in [-0.39, 0.29) is 16.8 Å². The Bertz CT molecular complexity index is 817. The highest BCUT2D eigenvalue weighted by Gasteiger charge is 2.19.